The number of rotatable bonds is 6. The predicted molar refractivity (Wildman–Crippen MR) is 75.4 cm³/mol. The van der Waals surface area contributed by atoms with Crippen LogP contribution in [0.5, 0.6) is 11.5 Å². The lowest BCUT2D eigenvalue weighted by Gasteiger charge is -2.25. The Labute approximate surface area is 115 Å². The molecule has 0 amide bonds. The van der Waals surface area contributed by atoms with Gasteiger partial charge in [0.1, 0.15) is 6.04 Å². The molecule has 0 fully saturated rings. The van der Waals surface area contributed by atoms with Gasteiger partial charge in [-0.3, -0.25) is 4.90 Å². The molecule has 19 heavy (non-hydrogen) atoms. The van der Waals surface area contributed by atoms with E-state index in [0.29, 0.717) is 17.4 Å². The van der Waals surface area contributed by atoms with Gasteiger partial charge < -0.3 is 9.47 Å². The van der Waals surface area contributed by atoms with E-state index in [1.807, 2.05) is 30.1 Å². The number of ether oxygens (including phenoxy) is 2. The van der Waals surface area contributed by atoms with E-state index < -0.39 is 0 Å². The lowest BCUT2D eigenvalue weighted by Crippen LogP contribution is -2.27. The number of hydrogen-bond acceptors (Lipinski definition) is 4. The van der Waals surface area contributed by atoms with Gasteiger partial charge in [0.05, 0.1) is 20.3 Å². The van der Waals surface area contributed by atoms with E-state index in [0.717, 1.165) is 12.1 Å². The van der Waals surface area contributed by atoms with Crippen molar-refractivity contribution in [3.63, 3.8) is 0 Å². The van der Waals surface area contributed by atoms with Crippen molar-refractivity contribution in [3.8, 4) is 17.6 Å². The van der Waals surface area contributed by atoms with Crippen LogP contribution in [0.25, 0.3) is 0 Å². The molecule has 0 aromatic heterocycles. The number of benzene rings is 1. The summed E-state index contributed by atoms with van der Waals surface area (Å²) in [5.74, 6) is 1.84. The van der Waals surface area contributed by atoms with Gasteiger partial charge in [-0.05, 0) is 30.7 Å². The first kappa shape index (κ1) is 15.3. The molecular weight excluding hydrogens is 240 g/mol. The first-order chi connectivity index (χ1) is 9.03. The molecule has 0 radical (unpaired) electrons. The van der Waals surface area contributed by atoms with Gasteiger partial charge in [0, 0.05) is 6.54 Å². The Morgan fingerprint density at radius 3 is 2.32 bits per heavy atom. The minimum atomic E-state index is -0.276. The number of hydrogen-bond donors (Lipinski definition) is 0. The van der Waals surface area contributed by atoms with Gasteiger partial charge >= 0.3 is 0 Å². The number of nitriles is 1. The second-order valence-corrected chi connectivity index (χ2v) is 4.98. The molecule has 0 aliphatic carbocycles. The quantitative estimate of drug-likeness (QED) is 0.791. The molecule has 1 atom stereocenters. The molecule has 1 unspecified atom stereocenters. The Balaban J connectivity index is 3.02. The van der Waals surface area contributed by atoms with E-state index in [1.165, 1.54) is 0 Å². The van der Waals surface area contributed by atoms with Crippen LogP contribution in [0.2, 0.25) is 0 Å². The summed E-state index contributed by atoms with van der Waals surface area (Å²) in [7, 11) is 5.16. The molecule has 4 heteroatoms. The van der Waals surface area contributed by atoms with Crippen LogP contribution in [0.3, 0.4) is 0 Å². The first-order valence-corrected chi connectivity index (χ1v) is 6.35. The molecule has 0 N–H and O–H groups in total. The molecule has 0 bridgehead atoms. The summed E-state index contributed by atoms with van der Waals surface area (Å²) in [4.78, 5) is 2.05. The van der Waals surface area contributed by atoms with Crippen LogP contribution in [-0.4, -0.2) is 32.7 Å². The third-order valence-corrected chi connectivity index (χ3v) is 2.94. The highest BCUT2D eigenvalue weighted by atomic mass is 16.5. The number of methoxy groups -OCH3 is 2. The van der Waals surface area contributed by atoms with Crippen LogP contribution in [0, 0.1) is 17.2 Å². The molecule has 0 saturated heterocycles. The Hall–Kier alpha value is -1.73. The molecule has 0 saturated carbocycles. The van der Waals surface area contributed by atoms with Crippen molar-refractivity contribution in [3.05, 3.63) is 23.8 Å². The maximum atomic E-state index is 9.39. The SMILES string of the molecule is COc1ccc(C(C#N)N(C)CC(C)C)cc1OC. The summed E-state index contributed by atoms with van der Waals surface area (Å²) in [6, 6.07) is 7.67. The van der Waals surface area contributed by atoms with Crippen LogP contribution >= 0.6 is 0 Å². The van der Waals surface area contributed by atoms with Crippen molar-refractivity contribution in [2.75, 3.05) is 27.8 Å². The summed E-state index contributed by atoms with van der Waals surface area (Å²) in [6.45, 7) is 5.14. The topological polar surface area (TPSA) is 45.5 Å². The second kappa shape index (κ2) is 7.01. The van der Waals surface area contributed by atoms with Crippen molar-refractivity contribution in [2.24, 2.45) is 5.92 Å². The zero-order valence-corrected chi connectivity index (χ0v) is 12.3. The minimum Gasteiger partial charge on any atom is -0.493 e. The monoisotopic (exact) mass is 262 g/mol. The van der Waals surface area contributed by atoms with E-state index in [9.17, 15) is 5.26 Å². The van der Waals surface area contributed by atoms with Gasteiger partial charge in [0.25, 0.3) is 0 Å². The van der Waals surface area contributed by atoms with Gasteiger partial charge in [-0.25, -0.2) is 0 Å². The molecule has 0 aliphatic heterocycles. The first-order valence-electron chi connectivity index (χ1n) is 6.35. The van der Waals surface area contributed by atoms with Gasteiger partial charge in [-0.2, -0.15) is 5.26 Å². The Morgan fingerprint density at radius 2 is 1.84 bits per heavy atom. The summed E-state index contributed by atoms with van der Waals surface area (Å²) in [6.07, 6.45) is 0. The van der Waals surface area contributed by atoms with Crippen LogP contribution in [0.4, 0.5) is 0 Å². The largest absolute Gasteiger partial charge is 0.493 e. The van der Waals surface area contributed by atoms with Crippen molar-refractivity contribution in [1.82, 2.24) is 4.90 Å². The highest BCUT2D eigenvalue weighted by Crippen LogP contribution is 2.31. The maximum absolute atomic E-state index is 9.39. The molecule has 1 aromatic carbocycles. The molecule has 1 rings (SSSR count). The average Bonchev–Trinajstić information content (AvgIpc) is 2.38. The molecule has 0 spiro atoms. The van der Waals surface area contributed by atoms with Gasteiger partial charge in [-0.1, -0.05) is 19.9 Å². The smallest absolute Gasteiger partial charge is 0.161 e. The fraction of sp³-hybridized carbons (Fsp3) is 0.533. The maximum Gasteiger partial charge on any atom is 0.161 e. The fourth-order valence-corrected chi connectivity index (χ4v) is 2.13. The zero-order valence-electron chi connectivity index (χ0n) is 12.3. The molecule has 104 valence electrons. The van der Waals surface area contributed by atoms with Crippen LogP contribution in [-0.2, 0) is 0 Å². The highest BCUT2D eigenvalue weighted by molar-refractivity contribution is 5.44. The predicted octanol–water partition coefficient (Wildman–Crippen LogP) is 2.86. The van der Waals surface area contributed by atoms with Crippen molar-refractivity contribution >= 4 is 0 Å². The van der Waals surface area contributed by atoms with Crippen molar-refractivity contribution < 1.29 is 9.47 Å². The highest BCUT2D eigenvalue weighted by Gasteiger charge is 2.19. The normalized spacial score (nSPS) is 12.3. The second-order valence-electron chi connectivity index (χ2n) is 4.98. The molecule has 1 aromatic rings. The zero-order chi connectivity index (χ0) is 14.4. The van der Waals surface area contributed by atoms with Crippen LogP contribution in [0.15, 0.2) is 18.2 Å². The summed E-state index contributed by atoms with van der Waals surface area (Å²) in [5.41, 5.74) is 0.920. The van der Waals surface area contributed by atoms with Gasteiger partial charge in [0.15, 0.2) is 11.5 Å². The van der Waals surface area contributed by atoms with Crippen molar-refractivity contribution in [1.29, 1.82) is 5.26 Å². The lowest BCUT2D eigenvalue weighted by atomic mass is 10.0. The van der Waals surface area contributed by atoms with Crippen LogP contribution in [0.1, 0.15) is 25.5 Å². The van der Waals surface area contributed by atoms with E-state index in [2.05, 4.69) is 19.9 Å². The van der Waals surface area contributed by atoms with Crippen LogP contribution < -0.4 is 9.47 Å². The van der Waals surface area contributed by atoms with Gasteiger partial charge in [0.2, 0.25) is 0 Å². The lowest BCUT2D eigenvalue weighted by molar-refractivity contribution is 0.258. The summed E-state index contributed by atoms with van der Waals surface area (Å²) in [5, 5.41) is 9.39. The fourth-order valence-electron chi connectivity index (χ4n) is 2.13. The average molecular weight is 262 g/mol. The van der Waals surface area contributed by atoms with E-state index in [4.69, 9.17) is 9.47 Å². The molecular formula is C15H22N2O2. The molecule has 0 heterocycles. The summed E-state index contributed by atoms with van der Waals surface area (Å²) < 4.78 is 10.5. The number of nitrogens with zero attached hydrogens (tertiary/aromatic N) is 2. The molecule has 0 aliphatic rings. The van der Waals surface area contributed by atoms with E-state index in [1.54, 1.807) is 14.2 Å². The van der Waals surface area contributed by atoms with E-state index >= 15 is 0 Å². The van der Waals surface area contributed by atoms with E-state index in [-0.39, 0.29) is 6.04 Å². The van der Waals surface area contributed by atoms with Gasteiger partial charge in [-0.15, -0.1) is 0 Å². The summed E-state index contributed by atoms with van der Waals surface area (Å²) >= 11 is 0. The third-order valence-electron chi connectivity index (χ3n) is 2.94. The standard InChI is InChI=1S/C15H22N2O2/c1-11(2)10-17(3)13(9-16)12-6-7-14(18-4)15(8-12)19-5/h6-8,11,13H,10H2,1-5H3. The Kier molecular flexibility index (Phi) is 5.65. The molecule has 4 nitrogen and oxygen atoms in total. The Morgan fingerprint density at radius 1 is 1.21 bits per heavy atom. The van der Waals surface area contributed by atoms with Crippen molar-refractivity contribution in [2.45, 2.75) is 19.9 Å². The minimum absolute atomic E-state index is 0.276. The third kappa shape index (κ3) is 3.87. The Bertz CT molecular complexity index is 452.